The number of nitrogens with zero attached hydrogens (tertiary/aromatic N) is 2. The minimum atomic E-state index is -0.412. The molecule has 1 aromatic heterocycles. The fourth-order valence-corrected chi connectivity index (χ4v) is 1.74. The molecule has 0 fully saturated rings. The molecule has 5 nitrogen and oxygen atoms in total. The standard InChI is InChI=1S/C10H9FN4OS/c1-5-4-6(2-3-7(5)11)13-8(16)9-14-15-10(12)17-9/h2-4H,1H3,(H2,12,15)(H,13,16). The average Bonchev–Trinajstić information content (AvgIpc) is 2.70. The van der Waals surface area contributed by atoms with Crippen molar-refractivity contribution in [1.29, 1.82) is 0 Å². The highest BCUT2D eigenvalue weighted by atomic mass is 32.1. The molecule has 2 rings (SSSR count). The summed E-state index contributed by atoms with van der Waals surface area (Å²) >= 11 is 0.992. The number of anilines is 2. The number of benzene rings is 1. The fourth-order valence-electron chi connectivity index (χ4n) is 1.23. The second kappa shape index (κ2) is 4.46. The van der Waals surface area contributed by atoms with Gasteiger partial charge in [0.25, 0.3) is 5.91 Å². The van der Waals surface area contributed by atoms with Gasteiger partial charge in [-0.1, -0.05) is 11.3 Å². The highest BCUT2D eigenvalue weighted by Gasteiger charge is 2.12. The van der Waals surface area contributed by atoms with Crippen LogP contribution >= 0.6 is 11.3 Å². The molecule has 1 heterocycles. The van der Waals surface area contributed by atoms with Crippen LogP contribution < -0.4 is 11.1 Å². The van der Waals surface area contributed by atoms with Crippen LogP contribution in [0.1, 0.15) is 15.4 Å². The summed E-state index contributed by atoms with van der Waals surface area (Å²) in [6.07, 6.45) is 0. The third-order valence-electron chi connectivity index (χ3n) is 2.05. The third-order valence-corrected chi connectivity index (χ3v) is 2.80. The molecule has 1 aromatic carbocycles. The number of rotatable bonds is 2. The Morgan fingerprint density at radius 3 is 2.82 bits per heavy atom. The summed E-state index contributed by atoms with van der Waals surface area (Å²) in [5.74, 6) is -0.728. The Morgan fingerprint density at radius 1 is 1.47 bits per heavy atom. The van der Waals surface area contributed by atoms with Crippen molar-refractivity contribution in [1.82, 2.24) is 10.2 Å². The smallest absolute Gasteiger partial charge is 0.286 e. The molecule has 0 atom stereocenters. The number of hydrogen-bond acceptors (Lipinski definition) is 5. The van der Waals surface area contributed by atoms with Gasteiger partial charge >= 0.3 is 0 Å². The van der Waals surface area contributed by atoms with E-state index in [2.05, 4.69) is 15.5 Å². The largest absolute Gasteiger partial charge is 0.374 e. The van der Waals surface area contributed by atoms with E-state index in [1.165, 1.54) is 18.2 Å². The molecule has 7 heteroatoms. The molecule has 0 bridgehead atoms. The van der Waals surface area contributed by atoms with E-state index in [4.69, 9.17) is 5.73 Å². The number of aromatic nitrogens is 2. The normalized spacial score (nSPS) is 10.2. The van der Waals surface area contributed by atoms with Gasteiger partial charge in [-0.3, -0.25) is 4.79 Å². The number of halogens is 1. The van der Waals surface area contributed by atoms with Gasteiger partial charge in [0.05, 0.1) is 0 Å². The van der Waals surface area contributed by atoms with Crippen molar-refractivity contribution in [3.05, 3.63) is 34.6 Å². The summed E-state index contributed by atoms with van der Waals surface area (Å²) < 4.78 is 13.0. The molecule has 0 saturated heterocycles. The molecule has 88 valence electrons. The minimum Gasteiger partial charge on any atom is -0.374 e. The van der Waals surface area contributed by atoms with Crippen LogP contribution in [0.25, 0.3) is 0 Å². The van der Waals surface area contributed by atoms with E-state index in [1.54, 1.807) is 6.92 Å². The van der Waals surface area contributed by atoms with Crippen molar-refractivity contribution in [2.75, 3.05) is 11.1 Å². The van der Waals surface area contributed by atoms with Gasteiger partial charge in [0, 0.05) is 5.69 Å². The van der Waals surface area contributed by atoms with E-state index in [-0.39, 0.29) is 16.0 Å². The van der Waals surface area contributed by atoms with Crippen LogP contribution in [0, 0.1) is 12.7 Å². The molecule has 0 aliphatic rings. The Kier molecular flexibility index (Phi) is 3.01. The number of hydrogen-bond donors (Lipinski definition) is 2. The van der Waals surface area contributed by atoms with E-state index >= 15 is 0 Å². The summed E-state index contributed by atoms with van der Waals surface area (Å²) in [5.41, 5.74) is 6.33. The quantitative estimate of drug-likeness (QED) is 0.854. The van der Waals surface area contributed by atoms with Crippen molar-refractivity contribution in [3.63, 3.8) is 0 Å². The van der Waals surface area contributed by atoms with E-state index in [1.807, 2.05) is 0 Å². The number of amides is 1. The first-order chi connectivity index (χ1) is 8.06. The Morgan fingerprint density at radius 2 is 2.24 bits per heavy atom. The SMILES string of the molecule is Cc1cc(NC(=O)c2nnc(N)s2)ccc1F. The second-order valence-corrected chi connectivity index (χ2v) is 4.37. The molecule has 1 amide bonds. The molecule has 0 aliphatic heterocycles. The van der Waals surface area contributed by atoms with Crippen LogP contribution in [0.4, 0.5) is 15.2 Å². The number of carbonyl (C=O) groups excluding carboxylic acids is 1. The van der Waals surface area contributed by atoms with E-state index in [0.29, 0.717) is 11.3 Å². The van der Waals surface area contributed by atoms with Crippen molar-refractivity contribution in [2.45, 2.75) is 6.92 Å². The molecule has 0 saturated carbocycles. The van der Waals surface area contributed by atoms with Crippen molar-refractivity contribution in [3.8, 4) is 0 Å². The molecule has 0 unspecified atom stereocenters. The lowest BCUT2D eigenvalue weighted by atomic mass is 10.2. The number of nitrogens with one attached hydrogen (secondary N) is 1. The first-order valence-corrected chi connectivity index (χ1v) is 5.54. The zero-order valence-electron chi connectivity index (χ0n) is 8.90. The van der Waals surface area contributed by atoms with Gasteiger partial charge in [0.15, 0.2) is 0 Å². The maximum Gasteiger partial charge on any atom is 0.286 e. The van der Waals surface area contributed by atoms with Crippen LogP contribution in [0.15, 0.2) is 18.2 Å². The molecule has 0 aliphatic carbocycles. The predicted octanol–water partition coefficient (Wildman–Crippen LogP) is 1.82. The molecule has 17 heavy (non-hydrogen) atoms. The lowest BCUT2D eigenvalue weighted by Gasteiger charge is -2.04. The maximum atomic E-state index is 13.0. The van der Waals surface area contributed by atoms with E-state index < -0.39 is 5.91 Å². The Hall–Kier alpha value is -2.02. The van der Waals surface area contributed by atoms with Crippen LogP contribution in [0.3, 0.4) is 0 Å². The average molecular weight is 252 g/mol. The molecular weight excluding hydrogens is 243 g/mol. The summed E-state index contributed by atoms with van der Waals surface area (Å²) in [6, 6.07) is 4.31. The lowest BCUT2D eigenvalue weighted by molar-refractivity contribution is 0.102. The summed E-state index contributed by atoms with van der Waals surface area (Å²) in [4.78, 5) is 11.7. The predicted molar refractivity (Wildman–Crippen MR) is 63.4 cm³/mol. The van der Waals surface area contributed by atoms with Crippen molar-refractivity contribution in [2.24, 2.45) is 0 Å². The first-order valence-electron chi connectivity index (χ1n) is 4.73. The van der Waals surface area contributed by atoms with Crippen LogP contribution in [0.5, 0.6) is 0 Å². The highest BCUT2D eigenvalue weighted by Crippen LogP contribution is 2.16. The van der Waals surface area contributed by atoms with Gasteiger partial charge in [-0.25, -0.2) is 4.39 Å². The van der Waals surface area contributed by atoms with Crippen LogP contribution in [0.2, 0.25) is 0 Å². The lowest BCUT2D eigenvalue weighted by Crippen LogP contribution is -2.11. The zero-order valence-corrected chi connectivity index (χ0v) is 9.71. The zero-order chi connectivity index (χ0) is 12.4. The van der Waals surface area contributed by atoms with Gasteiger partial charge in [-0.05, 0) is 30.7 Å². The number of nitrogens with two attached hydrogens (primary N) is 1. The number of aryl methyl sites for hydroxylation is 1. The minimum absolute atomic E-state index is 0.171. The molecular formula is C10H9FN4OS. The van der Waals surface area contributed by atoms with Gasteiger partial charge in [0.2, 0.25) is 10.1 Å². The molecule has 0 radical (unpaired) electrons. The van der Waals surface area contributed by atoms with Gasteiger partial charge in [0.1, 0.15) is 5.82 Å². The summed E-state index contributed by atoms with van der Waals surface area (Å²) in [6.45, 7) is 1.62. The molecule has 0 spiro atoms. The number of carbonyl (C=O) groups is 1. The third kappa shape index (κ3) is 2.56. The summed E-state index contributed by atoms with van der Waals surface area (Å²) in [5, 5.41) is 10.1. The Balaban J connectivity index is 2.15. The fraction of sp³-hybridized carbons (Fsp3) is 0.100. The molecule has 3 N–H and O–H groups in total. The van der Waals surface area contributed by atoms with Crippen LogP contribution in [-0.4, -0.2) is 16.1 Å². The number of nitrogen functional groups attached to an aromatic ring is 1. The van der Waals surface area contributed by atoms with E-state index in [0.717, 1.165) is 11.3 Å². The van der Waals surface area contributed by atoms with Crippen LogP contribution in [-0.2, 0) is 0 Å². The second-order valence-electron chi connectivity index (χ2n) is 3.36. The van der Waals surface area contributed by atoms with Gasteiger partial charge < -0.3 is 11.1 Å². The van der Waals surface area contributed by atoms with Crippen molar-refractivity contribution >= 4 is 28.1 Å². The van der Waals surface area contributed by atoms with Gasteiger partial charge in [-0.2, -0.15) is 0 Å². The summed E-state index contributed by atoms with van der Waals surface area (Å²) in [7, 11) is 0. The monoisotopic (exact) mass is 252 g/mol. The first kappa shape index (κ1) is 11.5. The topological polar surface area (TPSA) is 80.9 Å². The van der Waals surface area contributed by atoms with E-state index in [9.17, 15) is 9.18 Å². The maximum absolute atomic E-state index is 13.0. The highest BCUT2D eigenvalue weighted by molar-refractivity contribution is 7.16. The van der Waals surface area contributed by atoms with Crippen molar-refractivity contribution < 1.29 is 9.18 Å². The van der Waals surface area contributed by atoms with Gasteiger partial charge in [-0.15, -0.1) is 10.2 Å². The Bertz CT molecular complexity index is 569. The molecule has 2 aromatic rings. The Labute approximate surface area is 100 Å².